The van der Waals surface area contributed by atoms with Crippen molar-refractivity contribution >= 4 is 21.5 Å². The summed E-state index contributed by atoms with van der Waals surface area (Å²) < 4.78 is 0. The first-order valence-electron chi connectivity index (χ1n) is 23.8. The Hall–Kier alpha value is -6.50. The molecule has 0 nitrogen and oxygen atoms in total. The molecule has 0 aliphatic rings. The normalized spacial score (nSPS) is 10.1. The number of hydrogen-bond acceptors (Lipinski definition) is 0. The summed E-state index contributed by atoms with van der Waals surface area (Å²) in [4.78, 5) is 0. The minimum Gasteiger partial charge on any atom is -0.0620 e. The molecule has 9 rings (SSSR count). The molecular weight excluding hydrogens is 805 g/mol. The monoisotopic (exact) mass is 885 g/mol. The van der Waals surface area contributed by atoms with Gasteiger partial charge in [0, 0.05) is 0 Å². The Labute approximate surface area is 407 Å². The minimum atomic E-state index is 0.285. The highest BCUT2D eigenvalue weighted by Crippen LogP contribution is 2.22. The van der Waals surface area contributed by atoms with Crippen molar-refractivity contribution in [3.8, 4) is 0 Å². The van der Waals surface area contributed by atoms with Crippen LogP contribution in [0.3, 0.4) is 0 Å². The van der Waals surface area contributed by atoms with E-state index in [9.17, 15) is 0 Å². The first-order valence-corrected chi connectivity index (χ1v) is 23.8. The summed E-state index contributed by atoms with van der Waals surface area (Å²) in [5, 5.41) is 5.33. The molecule has 0 aliphatic carbocycles. The smallest absolute Gasteiger partial charge is 0.0132 e. The minimum absolute atomic E-state index is 0.285. The number of fused-ring (bicyclic) bond motifs is 2. The third-order valence-electron chi connectivity index (χ3n) is 11.7. The van der Waals surface area contributed by atoms with E-state index < -0.39 is 0 Å². The van der Waals surface area contributed by atoms with Crippen molar-refractivity contribution in [1.29, 1.82) is 0 Å². The van der Waals surface area contributed by atoms with E-state index in [1.54, 1.807) is 0 Å². The highest BCUT2D eigenvalue weighted by atomic mass is 14.2. The molecule has 348 valence electrons. The van der Waals surface area contributed by atoms with Crippen molar-refractivity contribution in [3.05, 3.63) is 272 Å². The van der Waals surface area contributed by atoms with Gasteiger partial charge < -0.3 is 0 Å². The van der Waals surface area contributed by atoms with Gasteiger partial charge in [0.2, 0.25) is 0 Å². The van der Waals surface area contributed by atoms with Crippen LogP contribution in [-0.2, 0) is 5.41 Å². The summed E-state index contributed by atoms with van der Waals surface area (Å²) >= 11 is 0. The van der Waals surface area contributed by atoms with Gasteiger partial charge in [0.15, 0.2) is 0 Å². The van der Waals surface area contributed by atoms with Gasteiger partial charge in [-0.15, -0.1) is 0 Å². The van der Waals surface area contributed by atoms with Gasteiger partial charge >= 0.3 is 0 Å². The second kappa shape index (κ2) is 27.9. The molecule has 0 aliphatic heterocycles. The molecule has 0 saturated carbocycles. The molecule has 0 amide bonds. The second-order valence-electron chi connectivity index (χ2n) is 19.2. The van der Waals surface area contributed by atoms with Gasteiger partial charge in [-0.3, -0.25) is 0 Å². The van der Waals surface area contributed by atoms with Crippen molar-refractivity contribution in [3.63, 3.8) is 0 Å². The number of aryl methyl sites for hydroxylation is 12. The van der Waals surface area contributed by atoms with Crippen molar-refractivity contribution < 1.29 is 0 Å². The molecule has 0 aromatic heterocycles. The molecule has 0 fully saturated rings. The van der Waals surface area contributed by atoms with Crippen molar-refractivity contribution in [2.75, 3.05) is 0 Å². The number of benzene rings is 9. The summed E-state index contributed by atoms with van der Waals surface area (Å²) in [7, 11) is 0. The lowest BCUT2D eigenvalue weighted by Gasteiger charge is -2.18. The largest absolute Gasteiger partial charge is 0.0620 e. The van der Waals surface area contributed by atoms with E-state index >= 15 is 0 Å². The molecule has 0 heterocycles. The Morgan fingerprint density at radius 3 is 1.06 bits per heavy atom. The molecule has 9 aromatic carbocycles. The van der Waals surface area contributed by atoms with Crippen LogP contribution in [0.1, 0.15) is 98.7 Å². The fraction of sp³-hybridized carbons (Fsp3) is 0.254. The van der Waals surface area contributed by atoms with Crippen LogP contribution in [0, 0.1) is 90.0 Å². The van der Waals surface area contributed by atoms with Gasteiger partial charge in [0.1, 0.15) is 0 Å². The fourth-order valence-corrected chi connectivity index (χ4v) is 7.11. The molecule has 0 saturated heterocycles. The Morgan fingerprint density at radius 1 is 0.239 bits per heavy atom. The summed E-state index contributed by atoms with van der Waals surface area (Å²) in [5.74, 6) is 0. The van der Waals surface area contributed by atoms with Crippen LogP contribution in [0.25, 0.3) is 21.5 Å². The van der Waals surface area contributed by atoms with Gasteiger partial charge in [-0.05, 0) is 156 Å². The lowest BCUT2D eigenvalue weighted by molar-refractivity contribution is 0.590. The maximum absolute atomic E-state index is 2.23. The van der Waals surface area contributed by atoms with Crippen LogP contribution < -0.4 is 0 Å². The lowest BCUT2D eigenvalue weighted by atomic mass is 9.87. The van der Waals surface area contributed by atoms with Gasteiger partial charge in [0.25, 0.3) is 0 Å². The Kier molecular flexibility index (Phi) is 22.8. The van der Waals surface area contributed by atoms with E-state index in [1.165, 1.54) is 99.4 Å². The van der Waals surface area contributed by atoms with E-state index in [1.807, 2.05) is 0 Å². The Morgan fingerprint density at radius 2 is 0.612 bits per heavy atom. The van der Waals surface area contributed by atoms with Crippen LogP contribution >= 0.6 is 0 Å². The van der Waals surface area contributed by atoms with E-state index in [0.29, 0.717) is 0 Å². The zero-order chi connectivity index (χ0) is 49.5. The van der Waals surface area contributed by atoms with Crippen molar-refractivity contribution in [2.45, 2.75) is 116 Å². The van der Waals surface area contributed by atoms with Gasteiger partial charge in [-0.2, -0.15) is 0 Å². The zero-order valence-electron chi connectivity index (χ0n) is 44.0. The average molecular weight is 885 g/mol. The van der Waals surface area contributed by atoms with Gasteiger partial charge in [0.05, 0.1) is 0 Å². The number of hydrogen-bond donors (Lipinski definition) is 0. The lowest BCUT2D eigenvalue weighted by Crippen LogP contribution is -2.10. The molecule has 0 heteroatoms. The van der Waals surface area contributed by atoms with Gasteiger partial charge in [-0.1, -0.05) is 254 Å². The maximum atomic E-state index is 2.23. The van der Waals surface area contributed by atoms with E-state index in [4.69, 9.17) is 0 Å². The fourth-order valence-electron chi connectivity index (χ4n) is 7.11. The molecule has 0 atom stereocenters. The molecule has 0 N–H and O–H groups in total. The van der Waals surface area contributed by atoms with E-state index in [2.05, 4.69) is 305 Å². The zero-order valence-corrected chi connectivity index (χ0v) is 44.0. The third-order valence-corrected chi connectivity index (χ3v) is 11.7. The van der Waals surface area contributed by atoms with Crippen LogP contribution in [0.5, 0.6) is 0 Å². The van der Waals surface area contributed by atoms with Crippen LogP contribution in [0.2, 0.25) is 0 Å². The topological polar surface area (TPSA) is 0 Å². The number of rotatable bonds is 0. The second-order valence-corrected chi connectivity index (χ2v) is 19.2. The maximum Gasteiger partial charge on any atom is -0.0132 e. The van der Waals surface area contributed by atoms with E-state index in [-0.39, 0.29) is 5.41 Å². The molecule has 0 radical (unpaired) electrons. The summed E-state index contributed by atoms with van der Waals surface area (Å²) in [6.07, 6.45) is 0. The SMILES string of the molecule is Cc1cc(C)c(C)c(C)c1.Cc1ccc(C(C)(C)C)cc1.Cc1ccc(C)cc1.Cc1ccc2ccccc2c1.Cc1cccc(C)c1.Cc1cccc2ccccc12.Cc1ccccc1C. The highest BCUT2D eigenvalue weighted by Gasteiger charge is 2.12. The summed E-state index contributed by atoms with van der Waals surface area (Å²) in [5.41, 5.74) is 19.4. The van der Waals surface area contributed by atoms with E-state index in [0.717, 1.165) is 0 Å². The van der Waals surface area contributed by atoms with Crippen molar-refractivity contribution in [2.24, 2.45) is 0 Å². The molecule has 0 spiro atoms. The first-order chi connectivity index (χ1) is 31.7. The molecule has 0 bridgehead atoms. The first kappa shape index (κ1) is 54.8. The quantitative estimate of drug-likeness (QED) is 0.142. The Bertz CT molecular complexity index is 2730. The molecule has 9 aromatic rings. The standard InChI is InChI=1S/2C11H10.C11H16.C10H14.3C8H10/c1-9-5-4-7-10-6-2-3-8-11(9)10;1-9-6-7-10-4-2-3-5-11(10)8-9;1-9-5-7-10(8-6-9)11(2,3)4;1-7-5-8(2)10(4)9(3)6-7;1-7-3-5-8(2)6-4-7;1-7-4-3-5-8(2)6-7;1-7-5-3-4-6-8(7)2/h2*2-8H,1H3;5-8H,1-4H3;5-6H,1-4H3;3*3-6H,1-2H3. The molecular formula is C67H80. The van der Waals surface area contributed by atoms with Gasteiger partial charge in [-0.25, -0.2) is 0 Å². The predicted molar refractivity (Wildman–Crippen MR) is 300 cm³/mol. The Balaban J connectivity index is 0.000000208. The van der Waals surface area contributed by atoms with Crippen LogP contribution in [-0.4, -0.2) is 0 Å². The molecule has 0 unspecified atom stereocenters. The van der Waals surface area contributed by atoms with Crippen molar-refractivity contribution in [1.82, 2.24) is 0 Å². The summed E-state index contributed by atoms with van der Waals surface area (Å²) in [6, 6.07) is 68.2. The third kappa shape index (κ3) is 20.7. The summed E-state index contributed by atoms with van der Waals surface area (Å²) in [6.45, 7) is 34.4. The highest BCUT2D eigenvalue weighted by molar-refractivity contribution is 5.85. The molecule has 67 heavy (non-hydrogen) atoms. The predicted octanol–water partition coefficient (Wildman–Crippen LogP) is 19.4. The van der Waals surface area contributed by atoms with Crippen LogP contribution in [0.4, 0.5) is 0 Å². The average Bonchev–Trinajstić information content (AvgIpc) is 3.29. The van der Waals surface area contributed by atoms with Crippen LogP contribution in [0.15, 0.2) is 194 Å².